The van der Waals surface area contributed by atoms with Crippen LogP contribution in [0.15, 0.2) is 79.4 Å². The van der Waals surface area contributed by atoms with Gasteiger partial charge >= 0.3 is 0 Å². The molecule has 3 aromatic carbocycles. The minimum absolute atomic E-state index is 0.0105. The van der Waals surface area contributed by atoms with Crippen LogP contribution in [-0.4, -0.2) is 132 Å². The molecule has 2 aliphatic rings. The van der Waals surface area contributed by atoms with Crippen LogP contribution in [0.4, 0.5) is 10.1 Å². The molecule has 7 amide bonds. The van der Waals surface area contributed by atoms with Crippen LogP contribution in [0.2, 0.25) is 0 Å². The van der Waals surface area contributed by atoms with Crippen LogP contribution in [0, 0.1) is 5.82 Å². The second-order valence-corrected chi connectivity index (χ2v) is 15.2. The highest BCUT2D eigenvalue weighted by Gasteiger charge is 2.45. The maximum absolute atomic E-state index is 13.6. The Balaban J connectivity index is 0.703. The van der Waals surface area contributed by atoms with Crippen LogP contribution in [0.1, 0.15) is 50.8 Å². The number of benzene rings is 3. The number of nitrogens with zero attached hydrogens (tertiary/aromatic N) is 4. The van der Waals surface area contributed by atoms with Gasteiger partial charge in [0.1, 0.15) is 50.8 Å². The summed E-state index contributed by atoms with van der Waals surface area (Å²) in [5.41, 5.74) is 2.77. The number of rotatable bonds is 22. The Morgan fingerprint density at radius 2 is 1.56 bits per heavy atom. The monoisotopic (exact) mass is 910 g/mol. The number of fused-ring (bicyclic) bond motifs is 4. The molecule has 66 heavy (non-hydrogen) atoms. The Bertz CT molecular complexity index is 2680. The number of ether oxygens (including phenoxy) is 5. The highest BCUT2D eigenvalue weighted by molar-refractivity contribution is 6.26. The fourth-order valence-corrected chi connectivity index (χ4v) is 7.35. The lowest BCUT2D eigenvalue weighted by atomic mass is 10.0. The average molecular weight is 911 g/mol. The molecule has 346 valence electrons. The van der Waals surface area contributed by atoms with Crippen LogP contribution in [0.25, 0.3) is 27.6 Å². The van der Waals surface area contributed by atoms with E-state index in [1.807, 2.05) is 23.9 Å². The van der Waals surface area contributed by atoms with Gasteiger partial charge in [-0.25, -0.2) is 4.39 Å². The zero-order chi connectivity index (χ0) is 46.7. The molecule has 2 atom stereocenters. The number of hydrogen-bond donors (Lipinski definition) is 4. The van der Waals surface area contributed by atoms with Crippen molar-refractivity contribution in [2.45, 2.75) is 31.8 Å². The lowest BCUT2D eigenvalue weighted by Crippen LogP contribution is -2.54. The number of nitrogens with one attached hydrogen (secondary N) is 4. The number of anilines is 1. The third-order valence-electron chi connectivity index (χ3n) is 10.4. The summed E-state index contributed by atoms with van der Waals surface area (Å²) in [7, 11) is 1.81. The van der Waals surface area contributed by atoms with Crippen LogP contribution < -0.4 is 21.3 Å². The molecule has 20 nitrogen and oxygen atoms in total. The summed E-state index contributed by atoms with van der Waals surface area (Å²) in [6.45, 7) is 2.35. The first-order valence-corrected chi connectivity index (χ1v) is 21.0. The smallest absolute Gasteiger partial charge is 0.264 e. The molecule has 2 aromatic heterocycles. The molecule has 0 saturated carbocycles. The molecular formula is C45H47FN8O12. The summed E-state index contributed by atoms with van der Waals surface area (Å²) < 4.78 is 43.9. The number of imide groups is 2. The van der Waals surface area contributed by atoms with E-state index in [0.717, 1.165) is 26.9 Å². The summed E-state index contributed by atoms with van der Waals surface area (Å²) in [6.07, 6.45) is 4.53. The Hall–Kier alpha value is -7.49. The van der Waals surface area contributed by atoms with Gasteiger partial charge in [-0.1, -0.05) is 6.07 Å². The van der Waals surface area contributed by atoms with E-state index in [4.69, 9.17) is 23.7 Å². The highest BCUT2D eigenvalue weighted by Crippen LogP contribution is 2.33. The van der Waals surface area contributed by atoms with Crippen LogP contribution >= 0.6 is 0 Å². The number of hydrogen-bond acceptors (Lipinski definition) is 13. The minimum atomic E-state index is -1.13. The predicted molar refractivity (Wildman–Crippen MR) is 233 cm³/mol. The number of carbonyl (C=O) groups is 7. The SMILES string of the molecule is C[C@H](CNC(=O)COCCO/C=C/OCCOCCOCC(=O)Nc1cccc2c1C(=O)N(C1CCC(=O)NC1=O)C2=O)NC(=O)c1ccc2c(c1)c1cn(C)nc1n2-c1ccc(F)cc1. The van der Waals surface area contributed by atoms with Gasteiger partial charge < -0.3 is 39.6 Å². The van der Waals surface area contributed by atoms with Gasteiger partial charge in [-0.15, -0.1) is 0 Å². The molecule has 7 rings (SSSR count). The number of amides is 7. The van der Waals surface area contributed by atoms with Crippen molar-refractivity contribution in [3.05, 3.63) is 102 Å². The largest absolute Gasteiger partial charge is 0.496 e. The summed E-state index contributed by atoms with van der Waals surface area (Å²) in [6, 6.07) is 14.3. The van der Waals surface area contributed by atoms with E-state index in [2.05, 4.69) is 26.4 Å². The predicted octanol–water partition coefficient (Wildman–Crippen LogP) is 2.48. The van der Waals surface area contributed by atoms with Gasteiger partial charge in [0, 0.05) is 54.3 Å². The van der Waals surface area contributed by atoms with E-state index in [1.165, 1.54) is 42.9 Å². The normalized spacial score (nSPS) is 15.3. The Labute approximate surface area is 376 Å². The van der Waals surface area contributed by atoms with Gasteiger partial charge in [0.15, 0.2) is 5.65 Å². The van der Waals surface area contributed by atoms with E-state index in [9.17, 15) is 38.0 Å². The molecule has 0 spiro atoms. The van der Waals surface area contributed by atoms with Crippen molar-refractivity contribution >= 4 is 69.0 Å². The Morgan fingerprint density at radius 1 is 0.864 bits per heavy atom. The molecule has 1 saturated heterocycles. The van der Waals surface area contributed by atoms with Crippen molar-refractivity contribution in [2.75, 3.05) is 64.7 Å². The molecule has 4 N–H and O–H groups in total. The maximum Gasteiger partial charge on any atom is 0.264 e. The third-order valence-corrected chi connectivity index (χ3v) is 10.4. The second kappa shape index (κ2) is 21.5. The van der Waals surface area contributed by atoms with Gasteiger partial charge in [-0.3, -0.25) is 53.0 Å². The maximum atomic E-state index is 13.6. The highest BCUT2D eigenvalue weighted by atomic mass is 19.1. The number of aromatic nitrogens is 3. The molecule has 0 bridgehead atoms. The van der Waals surface area contributed by atoms with Crippen LogP contribution in [0.3, 0.4) is 0 Å². The van der Waals surface area contributed by atoms with Gasteiger partial charge in [-0.2, -0.15) is 5.10 Å². The van der Waals surface area contributed by atoms with E-state index < -0.39 is 35.6 Å². The van der Waals surface area contributed by atoms with Crippen molar-refractivity contribution in [1.29, 1.82) is 0 Å². The fourth-order valence-electron chi connectivity index (χ4n) is 7.35. The van der Waals surface area contributed by atoms with Crippen molar-refractivity contribution < 1.29 is 61.6 Å². The van der Waals surface area contributed by atoms with E-state index >= 15 is 0 Å². The first-order chi connectivity index (χ1) is 31.9. The molecule has 2 aliphatic heterocycles. The molecule has 1 unspecified atom stereocenters. The van der Waals surface area contributed by atoms with Crippen LogP contribution in [0.5, 0.6) is 0 Å². The van der Waals surface area contributed by atoms with Gasteiger partial charge in [0.25, 0.3) is 17.7 Å². The first-order valence-electron chi connectivity index (χ1n) is 21.0. The van der Waals surface area contributed by atoms with E-state index in [-0.39, 0.29) is 113 Å². The summed E-state index contributed by atoms with van der Waals surface area (Å²) in [5, 5.41) is 16.6. The quantitative estimate of drug-likeness (QED) is 0.0444. The minimum Gasteiger partial charge on any atom is -0.496 e. The lowest BCUT2D eigenvalue weighted by molar-refractivity contribution is -0.136. The zero-order valence-electron chi connectivity index (χ0n) is 36.0. The van der Waals surface area contributed by atoms with E-state index in [0.29, 0.717) is 11.2 Å². The van der Waals surface area contributed by atoms with Crippen molar-refractivity contribution in [3.63, 3.8) is 0 Å². The van der Waals surface area contributed by atoms with Crippen LogP contribution in [-0.2, 0) is 49.9 Å². The molecule has 5 aromatic rings. The summed E-state index contributed by atoms with van der Waals surface area (Å²) in [4.78, 5) is 88.9. The lowest BCUT2D eigenvalue weighted by Gasteiger charge is -2.27. The number of halogens is 1. The fraction of sp³-hybridized carbons (Fsp3) is 0.333. The van der Waals surface area contributed by atoms with E-state index in [1.54, 1.807) is 35.9 Å². The van der Waals surface area contributed by atoms with Crippen molar-refractivity contribution in [1.82, 2.24) is 35.2 Å². The van der Waals surface area contributed by atoms with Crippen molar-refractivity contribution in [2.24, 2.45) is 7.05 Å². The molecular weight excluding hydrogens is 864 g/mol. The molecule has 0 radical (unpaired) electrons. The molecule has 21 heteroatoms. The summed E-state index contributed by atoms with van der Waals surface area (Å²) in [5.74, 6) is -4.22. The van der Waals surface area contributed by atoms with Gasteiger partial charge in [0.05, 0.1) is 48.8 Å². The molecule has 0 aliphatic carbocycles. The first kappa shape index (κ1) is 46.5. The standard InChI is InChI=1S/C45H47FN8O12/c1-27(48-42(58)28-6-11-35-32(22-28)33-24-52(2)51-41(33)53(35)30-9-7-29(46)8-10-30)23-47-38(56)25-65-20-18-63-16-14-62-15-17-64-19-21-66-26-39(57)49-34-5-3-4-31-40(34)45(61)54(44(31)60)36-12-13-37(55)50-43(36)59/h3-11,14,16,22,24,27,36H,12-13,15,17-21,23,25-26H2,1-2H3,(H,47,56)(H,48,58)(H,49,57)(H,50,55,59)/b16-14+/t27-,36?/m1/s1. The summed E-state index contributed by atoms with van der Waals surface area (Å²) >= 11 is 0. The second-order valence-electron chi connectivity index (χ2n) is 15.2. The number of carbonyl (C=O) groups excluding carboxylic acids is 7. The van der Waals surface area contributed by atoms with Gasteiger partial charge in [-0.05, 0) is 67.9 Å². The zero-order valence-corrected chi connectivity index (χ0v) is 36.0. The Morgan fingerprint density at radius 3 is 2.30 bits per heavy atom. The van der Waals surface area contributed by atoms with Gasteiger partial charge in [0.2, 0.25) is 23.6 Å². The third kappa shape index (κ3) is 11.1. The number of aryl methyl sites for hydroxylation is 1. The number of piperidine rings is 1. The molecule has 4 heterocycles. The molecule has 1 fully saturated rings. The van der Waals surface area contributed by atoms with Crippen molar-refractivity contribution in [3.8, 4) is 5.69 Å². The Kier molecular flexibility index (Phi) is 15.1. The topological polar surface area (TPSA) is 240 Å². The average Bonchev–Trinajstić information content (AvgIpc) is 3.90.